The van der Waals surface area contributed by atoms with Crippen LogP contribution in [0.25, 0.3) is 11.1 Å². The number of methoxy groups -OCH3 is 1. The van der Waals surface area contributed by atoms with E-state index in [0.717, 1.165) is 11.3 Å². The third-order valence-corrected chi connectivity index (χ3v) is 8.48. The molecule has 1 aliphatic carbocycles. The van der Waals surface area contributed by atoms with Crippen molar-refractivity contribution in [2.45, 2.75) is 24.5 Å². The Bertz CT molecular complexity index is 1290. The van der Waals surface area contributed by atoms with Crippen LogP contribution in [0.2, 0.25) is 5.15 Å². The van der Waals surface area contributed by atoms with Gasteiger partial charge in [0.1, 0.15) is 20.7 Å². The van der Waals surface area contributed by atoms with Gasteiger partial charge in [0, 0.05) is 29.3 Å². The number of aromatic nitrogens is 4. The van der Waals surface area contributed by atoms with Gasteiger partial charge < -0.3 is 4.74 Å². The van der Waals surface area contributed by atoms with Gasteiger partial charge in [0.15, 0.2) is 9.84 Å². The van der Waals surface area contributed by atoms with Gasteiger partial charge in [0.25, 0.3) is 5.91 Å². The molecular formula is C19H18ClN5O4S2. The van der Waals surface area contributed by atoms with Crippen molar-refractivity contribution in [2.24, 2.45) is 0 Å². The number of carbonyl (C=O) groups is 1. The van der Waals surface area contributed by atoms with E-state index in [1.165, 1.54) is 25.8 Å². The van der Waals surface area contributed by atoms with Gasteiger partial charge >= 0.3 is 0 Å². The van der Waals surface area contributed by atoms with Crippen molar-refractivity contribution in [1.82, 2.24) is 20.2 Å². The minimum absolute atomic E-state index is 0.209. The highest BCUT2D eigenvalue weighted by Gasteiger charge is 2.56. The normalized spacial score (nSPS) is 14.8. The quantitative estimate of drug-likeness (QED) is 0.534. The molecule has 0 spiro atoms. The van der Waals surface area contributed by atoms with E-state index in [9.17, 15) is 13.2 Å². The summed E-state index contributed by atoms with van der Waals surface area (Å²) in [5.74, 6) is -0.0181. The maximum atomic E-state index is 13.1. The molecule has 1 fully saturated rings. The van der Waals surface area contributed by atoms with Crippen LogP contribution in [-0.4, -0.2) is 47.9 Å². The third-order valence-electron chi connectivity index (χ3n) is 5.08. The maximum absolute atomic E-state index is 13.1. The van der Waals surface area contributed by atoms with E-state index < -0.39 is 20.5 Å². The van der Waals surface area contributed by atoms with Gasteiger partial charge in [-0.05, 0) is 31.9 Å². The second kappa shape index (κ2) is 7.81. The molecule has 1 saturated carbocycles. The lowest BCUT2D eigenvalue weighted by atomic mass is 10.0. The van der Waals surface area contributed by atoms with Crippen LogP contribution in [0.1, 0.15) is 33.9 Å². The average molecular weight is 480 g/mol. The van der Waals surface area contributed by atoms with Crippen molar-refractivity contribution in [3.63, 3.8) is 0 Å². The van der Waals surface area contributed by atoms with E-state index in [4.69, 9.17) is 16.3 Å². The van der Waals surface area contributed by atoms with Crippen molar-refractivity contribution >= 4 is 43.8 Å². The molecule has 1 aliphatic rings. The van der Waals surface area contributed by atoms with Crippen molar-refractivity contribution in [2.75, 3.05) is 18.7 Å². The summed E-state index contributed by atoms with van der Waals surface area (Å²) >= 11 is 7.12. The minimum Gasteiger partial charge on any atom is -0.494 e. The van der Waals surface area contributed by atoms with Crippen molar-refractivity contribution in [1.29, 1.82) is 0 Å². The molecule has 0 aromatic carbocycles. The first-order chi connectivity index (χ1) is 14.6. The molecule has 12 heteroatoms. The first-order valence-corrected chi connectivity index (χ1v) is 12.2. The van der Waals surface area contributed by atoms with Gasteiger partial charge in [-0.15, -0.1) is 10.2 Å². The fraction of sp³-hybridized carbons (Fsp3) is 0.316. The monoisotopic (exact) mass is 479 g/mol. The molecule has 0 atom stereocenters. The smallest absolute Gasteiger partial charge is 0.259 e. The summed E-state index contributed by atoms with van der Waals surface area (Å²) < 4.78 is 28.6. The second-order valence-corrected chi connectivity index (χ2v) is 10.9. The Morgan fingerprint density at radius 3 is 2.58 bits per heavy atom. The molecule has 3 aromatic rings. The highest BCUT2D eigenvalue weighted by atomic mass is 35.5. The summed E-state index contributed by atoms with van der Waals surface area (Å²) in [6.07, 6.45) is 5.13. The standard InChI is InChI=1S/C19H18ClN5O4S2/c1-10-6-11(12-7-15(20)22-9-14(12)29-2)13(8-21-10)16(26)23-18-25-24-17(30-18)19(4-5-19)31(3,27)28/h6-9H,4-5H2,1-3H3,(H,23,25,26). The van der Waals surface area contributed by atoms with Gasteiger partial charge in [-0.3, -0.25) is 15.1 Å². The number of carbonyl (C=O) groups excluding carboxylic acids is 1. The number of aryl methyl sites for hydroxylation is 1. The molecule has 0 unspecified atom stereocenters. The molecular weight excluding hydrogens is 462 g/mol. The molecule has 4 rings (SSSR count). The molecule has 0 saturated heterocycles. The number of amides is 1. The highest BCUT2D eigenvalue weighted by molar-refractivity contribution is 7.92. The second-order valence-electron chi connectivity index (χ2n) is 7.21. The number of hydrogen-bond donors (Lipinski definition) is 1. The number of nitrogens with zero attached hydrogens (tertiary/aromatic N) is 4. The average Bonchev–Trinajstić information content (AvgIpc) is 3.42. The number of ether oxygens (including phenoxy) is 1. The number of pyridine rings is 2. The van der Waals surface area contributed by atoms with E-state index in [0.29, 0.717) is 40.4 Å². The molecule has 0 aliphatic heterocycles. The largest absolute Gasteiger partial charge is 0.494 e. The molecule has 3 aromatic heterocycles. The summed E-state index contributed by atoms with van der Waals surface area (Å²) in [4.78, 5) is 21.3. The van der Waals surface area contributed by atoms with Crippen molar-refractivity contribution < 1.29 is 17.9 Å². The molecule has 1 N–H and O–H groups in total. The number of anilines is 1. The van der Waals surface area contributed by atoms with Crippen LogP contribution in [0.4, 0.5) is 5.13 Å². The van der Waals surface area contributed by atoms with Crippen LogP contribution < -0.4 is 10.1 Å². The van der Waals surface area contributed by atoms with Gasteiger partial charge in [0.05, 0.1) is 18.9 Å². The predicted octanol–water partition coefficient (Wildman–Crippen LogP) is 3.25. The number of hydrogen-bond acceptors (Lipinski definition) is 9. The molecule has 1 amide bonds. The Kier molecular flexibility index (Phi) is 5.44. The van der Waals surface area contributed by atoms with Gasteiger partial charge in [0.2, 0.25) is 5.13 Å². The lowest BCUT2D eigenvalue weighted by Crippen LogP contribution is -2.18. The summed E-state index contributed by atoms with van der Waals surface area (Å²) in [7, 11) is -1.82. The Balaban J connectivity index is 1.68. The summed E-state index contributed by atoms with van der Waals surface area (Å²) in [6.45, 7) is 1.80. The van der Waals surface area contributed by atoms with Gasteiger partial charge in [-0.25, -0.2) is 13.4 Å². The zero-order valence-electron chi connectivity index (χ0n) is 16.8. The van der Waals surface area contributed by atoms with Crippen LogP contribution in [0, 0.1) is 6.92 Å². The third kappa shape index (κ3) is 4.00. The Labute approximate surface area is 187 Å². The van der Waals surface area contributed by atoms with E-state index in [2.05, 4.69) is 25.5 Å². The number of nitrogens with one attached hydrogen (secondary N) is 1. The molecule has 0 radical (unpaired) electrons. The lowest BCUT2D eigenvalue weighted by Gasteiger charge is -2.13. The molecule has 162 valence electrons. The highest BCUT2D eigenvalue weighted by Crippen LogP contribution is 2.53. The molecule has 31 heavy (non-hydrogen) atoms. The molecule has 0 bridgehead atoms. The van der Waals surface area contributed by atoms with E-state index >= 15 is 0 Å². The summed E-state index contributed by atoms with van der Waals surface area (Å²) in [6, 6.07) is 3.36. The van der Waals surface area contributed by atoms with E-state index in [1.54, 1.807) is 19.1 Å². The summed E-state index contributed by atoms with van der Waals surface area (Å²) in [5.41, 5.74) is 2.12. The summed E-state index contributed by atoms with van der Waals surface area (Å²) in [5, 5.41) is 11.5. The molecule has 3 heterocycles. The number of sulfone groups is 1. The van der Waals surface area contributed by atoms with Crippen LogP contribution in [0.15, 0.2) is 24.5 Å². The zero-order valence-corrected chi connectivity index (χ0v) is 19.2. The maximum Gasteiger partial charge on any atom is 0.259 e. The zero-order chi connectivity index (χ0) is 22.4. The number of halogens is 1. The topological polar surface area (TPSA) is 124 Å². The van der Waals surface area contributed by atoms with Crippen molar-refractivity contribution in [3.05, 3.63) is 45.9 Å². The Morgan fingerprint density at radius 1 is 1.19 bits per heavy atom. The van der Waals surface area contributed by atoms with Crippen LogP contribution in [0.5, 0.6) is 5.75 Å². The minimum atomic E-state index is -3.32. The van der Waals surface area contributed by atoms with E-state index in [1.807, 2.05) is 0 Å². The lowest BCUT2D eigenvalue weighted by molar-refractivity contribution is 0.102. The number of rotatable bonds is 6. The Hall–Kier alpha value is -2.63. The fourth-order valence-corrected chi connectivity index (χ4v) is 6.05. The molecule has 9 nitrogen and oxygen atoms in total. The fourth-order valence-electron chi connectivity index (χ4n) is 3.23. The first-order valence-electron chi connectivity index (χ1n) is 9.16. The van der Waals surface area contributed by atoms with Crippen LogP contribution in [0.3, 0.4) is 0 Å². The van der Waals surface area contributed by atoms with E-state index in [-0.39, 0.29) is 15.8 Å². The van der Waals surface area contributed by atoms with Crippen LogP contribution >= 0.6 is 22.9 Å². The van der Waals surface area contributed by atoms with Gasteiger partial charge in [-0.2, -0.15) is 0 Å². The Morgan fingerprint density at radius 2 is 1.94 bits per heavy atom. The predicted molar refractivity (Wildman–Crippen MR) is 117 cm³/mol. The van der Waals surface area contributed by atoms with Crippen molar-refractivity contribution in [3.8, 4) is 16.9 Å². The first kappa shape index (κ1) is 21.6. The van der Waals surface area contributed by atoms with Crippen LogP contribution in [-0.2, 0) is 14.6 Å². The van der Waals surface area contributed by atoms with Gasteiger partial charge in [-0.1, -0.05) is 22.9 Å². The SMILES string of the molecule is COc1cnc(Cl)cc1-c1cc(C)ncc1C(=O)Nc1nnc(C2(S(C)(=O)=O)CC2)s1.